The molecule has 182 valence electrons. The fourth-order valence-electron chi connectivity index (χ4n) is 4.12. The Morgan fingerprint density at radius 2 is 1.74 bits per heavy atom. The van der Waals surface area contributed by atoms with Gasteiger partial charge in [-0.1, -0.05) is 17.7 Å². The van der Waals surface area contributed by atoms with E-state index in [9.17, 15) is 19.5 Å². The van der Waals surface area contributed by atoms with Gasteiger partial charge in [0.1, 0.15) is 12.1 Å². The first-order valence-corrected chi connectivity index (χ1v) is 11.3. The molecule has 2 aromatic carbocycles. The van der Waals surface area contributed by atoms with Gasteiger partial charge in [-0.15, -0.1) is 0 Å². The van der Waals surface area contributed by atoms with Crippen molar-refractivity contribution in [1.29, 1.82) is 0 Å². The number of hydrogen-bond donors (Lipinski definition) is 1. The normalized spacial score (nSPS) is 11.7. The second-order valence-electron chi connectivity index (χ2n) is 9.52. The zero-order valence-electron chi connectivity index (χ0n) is 20.1. The standard InChI is InChI=1S/C26H26ClN3O5/c1-26(2,3)35-25(34)29-11-10-16(13-29)15-6-7-17-20(12-15)30(14-21(31)32)22-18(24(17)33)8-9-19(27)23(22)28(4)5/h6-13H,14H2,1-5H3,(H,31,32). The molecule has 0 unspecified atom stereocenters. The largest absolute Gasteiger partial charge is 0.480 e. The summed E-state index contributed by atoms with van der Waals surface area (Å²) in [6.07, 6.45) is 2.73. The van der Waals surface area contributed by atoms with E-state index in [2.05, 4.69) is 0 Å². The predicted octanol–water partition coefficient (Wildman–Crippen LogP) is 5.21. The van der Waals surface area contributed by atoms with Crippen LogP contribution in [0.25, 0.3) is 32.9 Å². The third kappa shape index (κ3) is 4.61. The monoisotopic (exact) mass is 495 g/mol. The quantitative estimate of drug-likeness (QED) is 0.390. The minimum absolute atomic E-state index is 0.214. The van der Waals surface area contributed by atoms with Gasteiger partial charge in [-0.3, -0.25) is 14.2 Å². The molecular formula is C26H26ClN3O5. The lowest BCUT2D eigenvalue weighted by atomic mass is 10.0. The fourth-order valence-corrected chi connectivity index (χ4v) is 4.45. The molecule has 4 rings (SSSR count). The van der Waals surface area contributed by atoms with Crippen LogP contribution in [0.5, 0.6) is 0 Å². The molecule has 35 heavy (non-hydrogen) atoms. The van der Waals surface area contributed by atoms with E-state index in [1.165, 1.54) is 4.57 Å². The Bertz CT molecular complexity index is 1540. The number of anilines is 1. The molecule has 0 amide bonds. The summed E-state index contributed by atoms with van der Waals surface area (Å²) in [5.41, 5.74) is 2.05. The lowest BCUT2D eigenvalue weighted by Crippen LogP contribution is -2.26. The molecule has 0 fully saturated rings. The molecule has 0 aliphatic heterocycles. The Morgan fingerprint density at radius 1 is 1.06 bits per heavy atom. The molecule has 0 saturated carbocycles. The van der Waals surface area contributed by atoms with Crippen molar-refractivity contribution < 1.29 is 19.4 Å². The molecule has 4 aromatic rings. The van der Waals surface area contributed by atoms with Crippen molar-refractivity contribution in [2.45, 2.75) is 32.9 Å². The second-order valence-corrected chi connectivity index (χ2v) is 9.92. The molecule has 0 aliphatic rings. The van der Waals surface area contributed by atoms with Gasteiger partial charge in [0.25, 0.3) is 0 Å². The van der Waals surface area contributed by atoms with Crippen LogP contribution in [0.15, 0.2) is 53.6 Å². The van der Waals surface area contributed by atoms with E-state index >= 15 is 0 Å². The maximum absolute atomic E-state index is 13.4. The Morgan fingerprint density at radius 3 is 2.37 bits per heavy atom. The van der Waals surface area contributed by atoms with Crippen LogP contribution in [0, 0.1) is 0 Å². The first-order chi connectivity index (χ1) is 16.4. The highest BCUT2D eigenvalue weighted by Crippen LogP contribution is 2.35. The average molecular weight is 496 g/mol. The maximum Gasteiger partial charge on any atom is 0.418 e. The number of aromatic nitrogens is 2. The fraction of sp³-hybridized carbons (Fsp3) is 0.269. The highest BCUT2D eigenvalue weighted by Gasteiger charge is 2.21. The number of halogens is 1. The molecule has 1 N–H and O–H groups in total. The number of nitrogens with zero attached hydrogens (tertiary/aromatic N) is 3. The van der Waals surface area contributed by atoms with E-state index in [0.29, 0.717) is 43.6 Å². The van der Waals surface area contributed by atoms with E-state index in [-0.39, 0.29) is 12.0 Å². The van der Waals surface area contributed by atoms with Crippen molar-refractivity contribution in [1.82, 2.24) is 9.13 Å². The number of hydrogen-bond acceptors (Lipinski definition) is 5. The van der Waals surface area contributed by atoms with E-state index < -0.39 is 17.7 Å². The molecule has 2 heterocycles. The van der Waals surface area contributed by atoms with Crippen LogP contribution in [-0.4, -0.2) is 46.0 Å². The van der Waals surface area contributed by atoms with Crippen LogP contribution in [0.4, 0.5) is 10.5 Å². The number of ether oxygens (including phenoxy) is 1. The number of carboxylic acid groups (broad SMARTS) is 1. The van der Waals surface area contributed by atoms with E-state index in [0.717, 1.165) is 0 Å². The third-order valence-corrected chi connectivity index (χ3v) is 5.83. The van der Waals surface area contributed by atoms with E-state index in [1.54, 1.807) is 93.1 Å². The van der Waals surface area contributed by atoms with Crippen LogP contribution in [-0.2, 0) is 16.1 Å². The van der Waals surface area contributed by atoms with Gasteiger partial charge in [-0.25, -0.2) is 4.79 Å². The van der Waals surface area contributed by atoms with Crippen LogP contribution < -0.4 is 10.3 Å². The van der Waals surface area contributed by atoms with Crippen LogP contribution >= 0.6 is 11.6 Å². The summed E-state index contributed by atoms with van der Waals surface area (Å²) in [6.45, 7) is 5.01. The summed E-state index contributed by atoms with van der Waals surface area (Å²) < 4.78 is 8.36. The first kappa shape index (κ1) is 24.3. The number of pyridine rings is 1. The van der Waals surface area contributed by atoms with Crippen molar-refractivity contribution in [2.24, 2.45) is 0 Å². The van der Waals surface area contributed by atoms with Crippen molar-refractivity contribution in [3.05, 3.63) is 64.0 Å². The van der Waals surface area contributed by atoms with Crippen LogP contribution in [0.3, 0.4) is 0 Å². The van der Waals surface area contributed by atoms with Crippen molar-refractivity contribution in [2.75, 3.05) is 19.0 Å². The predicted molar refractivity (Wildman–Crippen MR) is 138 cm³/mol. The van der Waals surface area contributed by atoms with Gasteiger partial charge in [0.05, 0.1) is 21.7 Å². The number of carbonyl (C=O) groups excluding carboxylic acids is 1. The smallest absolute Gasteiger partial charge is 0.418 e. The number of carboxylic acids is 1. The van der Waals surface area contributed by atoms with Crippen molar-refractivity contribution in [3.8, 4) is 11.1 Å². The molecule has 0 spiro atoms. The molecular weight excluding hydrogens is 470 g/mol. The van der Waals surface area contributed by atoms with Crippen LogP contribution in [0.1, 0.15) is 20.8 Å². The van der Waals surface area contributed by atoms with Gasteiger partial charge in [0.15, 0.2) is 5.43 Å². The Balaban J connectivity index is 1.97. The van der Waals surface area contributed by atoms with Gasteiger partial charge in [0.2, 0.25) is 0 Å². The maximum atomic E-state index is 13.4. The number of rotatable bonds is 4. The summed E-state index contributed by atoms with van der Waals surface area (Å²) in [5.74, 6) is -1.05. The van der Waals surface area contributed by atoms with E-state index in [1.807, 2.05) is 0 Å². The van der Waals surface area contributed by atoms with Crippen LogP contribution in [0.2, 0.25) is 5.02 Å². The zero-order chi connectivity index (χ0) is 25.7. The molecule has 9 heteroatoms. The molecule has 0 radical (unpaired) electrons. The summed E-state index contributed by atoms with van der Waals surface area (Å²) in [5, 5.41) is 10.9. The molecule has 2 aromatic heterocycles. The van der Waals surface area contributed by atoms with E-state index in [4.69, 9.17) is 16.3 Å². The minimum Gasteiger partial charge on any atom is -0.480 e. The summed E-state index contributed by atoms with van der Waals surface area (Å²) in [7, 11) is 3.58. The number of aliphatic carboxylic acids is 1. The van der Waals surface area contributed by atoms with Gasteiger partial charge >= 0.3 is 12.1 Å². The highest BCUT2D eigenvalue weighted by molar-refractivity contribution is 6.35. The van der Waals surface area contributed by atoms with Crippen molar-refractivity contribution in [3.63, 3.8) is 0 Å². The topological polar surface area (TPSA) is 93.8 Å². The van der Waals surface area contributed by atoms with Gasteiger partial charge < -0.3 is 19.3 Å². The summed E-state index contributed by atoms with van der Waals surface area (Å²) in [4.78, 5) is 39.4. The number of fused-ring (bicyclic) bond motifs is 2. The van der Waals surface area contributed by atoms with Gasteiger partial charge in [-0.2, -0.15) is 0 Å². The number of benzene rings is 2. The lowest BCUT2D eigenvalue weighted by Gasteiger charge is -2.22. The van der Waals surface area contributed by atoms with Crippen molar-refractivity contribution >= 4 is 51.2 Å². The molecule has 0 saturated heterocycles. The molecule has 0 atom stereocenters. The Kier molecular flexibility index (Phi) is 6.11. The Hall–Kier alpha value is -3.78. The summed E-state index contributed by atoms with van der Waals surface area (Å²) in [6, 6.07) is 10.2. The zero-order valence-corrected chi connectivity index (χ0v) is 20.9. The first-order valence-electron chi connectivity index (χ1n) is 11.0. The molecule has 8 nitrogen and oxygen atoms in total. The van der Waals surface area contributed by atoms with Gasteiger partial charge in [-0.05, 0) is 56.7 Å². The third-order valence-electron chi connectivity index (χ3n) is 5.52. The van der Waals surface area contributed by atoms with Gasteiger partial charge in [0, 0.05) is 42.8 Å². The molecule has 0 aliphatic carbocycles. The summed E-state index contributed by atoms with van der Waals surface area (Å²) >= 11 is 6.46. The average Bonchev–Trinajstić information content (AvgIpc) is 3.25. The minimum atomic E-state index is -1.05. The second kappa shape index (κ2) is 8.78. The lowest BCUT2D eigenvalue weighted by molar-refractivity contribution is -0.137. The number of carbonyl (C=O) groups is 2. The highest BCUT2D eigenvalue weighted by atomic mass is 35.5. The SMILES string of the molecule is CN(C)c1c(Cl)ccc2c(=O)c3ccc(-c4ccn(C(=O)OC(C)(C)C)c4)cc3n(CC(=O)O)c12. The Labute approximate surface area is 206 Å². The molecule has 0 bridgehead atoms.